The highest BCUT2D eigenvalue weighted by molar-refractivity contribution is 5.31. The van der Waals surface area contributed by atoms with E-state index in [1.807, 2.05) is 0 Å². The van der Waals surface area contributed by atoms with E-state index in [0.29, 0.717) is 12.0 Å². The number of H-pyrrole nitrogens is 2. The highest BCUT2D eigenvalue weighted by Gasteiger charge is 2.39. The number of aromatic amines is 2. The highest BCUT2D eigenvalue weighted by Crippen LogP contribution is 2.45. The molecule has 0 spiro atoms. The van der Waals surface area contributed by atoms with Crippen LogP contribution in [0.15, 0.2) is 9.59 Å². The Labute approximate surface area is 91.5 Å². The van der Waals surface area contributed by atoms with Gasteiger partial charge in [0.25, 0.3) is 5.56 Å². The lowest BCUT2D eigenvalue weighted by molar-refractivity contribution is 0.438. The largest absolute Gasteiger partial charge is 0.361 e. The van der Waals surface area contributed by atoms with Gasteiger partial charge in [-0.3, -0.25) is 9.78 Å². The first kappa shape index (κ1) is 9.62. The summed E-state index contributed by atoms with van der Waals surface area (Å²) < 4.78 is 0. The second-order valence-electron chi connectivity index (χ2n) is 4.78. The number of aromatic nitrogens is 3. The number of hydrogen-bond donors (Lipinski definition) is 3. The molecule has 6 heteroatoms. The summed E-state index contributed by atoms with van der Waals surface area (Å²) in [5.74, 6) is 1.71. The summed E-state index contributed by atoms with van der Waals surface area (Å²) >= 11 is 0. The number of fused-ring (bicyclic) bond motifs is 2. The fourth-order valence-electron chi connectivity index (χ4n) is 3.04. The zero-order valence-corrected chi connectivity index (χ0v) is 8.82. The van der Waals surface area contributed by atoms with Gasteiger partial charge in [0.2, 0.25) is 5.82 Å². The zero-order valence-electron chi connectivity index (χ0n) is 8.82. The molecule has 1 heterocycles. The minimum absolute atomic E-state index is 0.233. The van der Waals surface area contributed by atoms with Crippen molar-refractivity contribution in [2.75, 3.05) is 5.32 Å². The van der Waals surface area contributed by atoms with E-state index in [-0.39, 0.29) is 5.82 Å². The van der Waals surface area contributed by atoms with Crippen molar-refractivity contribution in [1.82, 2.24) is 15.2 Å². The van der Waals surface area contributed by atoms with Gasteiger partial charge in [-0.25, -0.2) is 9.89 Å². The van der Waals surface area contributed by atoms with Crippen molar-refractivity contribution in [2.24, 2.45) is 11.8 Å². The van der Waals surface area contributed by atoms with Gasteiger partial charge in [-0.05, 0) is 31.1 Å². The average Bonchev–Trinajstić information content (AvgIpc) is 2.84. The van der Waals surface area contributed by atoms with Crippen molar-refractivity contribution >= 4 is 5.82 Å². The van der Waals surface area contributed by atoms with Crippen LogP contribution in [0.25, 0.3) is 0 Å². The van der Waals surface area contributed by atoms with Gasteiger partial charge in [0, 0.05) is 6.04 Å². The molecule has 1 aromatic heterocycles. The summed E-state index contributed by atoms with van der Waals surface area (Å²) in [5, 5.41) is 9.11. The minimum Gasteiger partial charge on any atom is -0.361 e. The monoisotopic (exact) mass is 222 g/mol. The fraction of sp³-hybridized carbons (Fsp3) is 0.700. The van der Waals surface area contributed by atoms with Crippen molar-refractivity contribution in [3.63, 3.8) is 0 Å². The Balaban J connectivity index is 1.79. The van der Waals surface area contributed by atoms with Crippen LogP contribution in [0.4, 0.5) is 5.82 Å². The molecule has 2 fully saturated rings. The summed E-state index contributed by atoms with van der Waals surface area (Å²) in [6.45, 7) is 0. The van der Waals surface area contributed by atoms with Gasteiger partial charge in [0.05, 0.1) is 0 Å². The Kier molecular flexibility index (Phi) is 2.08. The Hall–Kier alpha value is -1.59. The van der Waals surface area contributed by atoms with Crippen LogP contribution in [0.3, 0.4) is 0 Å². The van der Waals surface area contributed by atoms with Crippen LogP contribution in [-0.2, 0) is 0 Å². The maximum absolute atomic E-state index is 11.4. The third-order valence-electron chi connectivity index (χ3n) is 3.77. The third kappa shape index (κ3) is 1.54. The molecule has 0 radical (unpaired) electrons. The van der Waals surface area contributed by atoms with Crippen LogP contribution in [0, 0.1) is 11.8 Å². The van der Waals surface area contributed by atoms with E-state index < -0.39 is 11.2 Å². The molecule has 0 aliphatic heterocycles. The molecular weight excluding hydrogens is 208 g/mol. The first-order valence-corrected chi connectivity index (χ1v) is 5.68. The van der Waals surface area contributed by atoms with E-state index in [4.69, 9.17) is 0 Å². The maximum atomic E-state index is 11.4. The number of nitrogens with one attached hydrogen (secondary N) is 3. The highest BCUT2D eigenvalue weighted by atomic mass is 16.2. The molecule has 0 saturated heterocycles. The number of nitrogens with zero attached hydrogens (tertiary/aromatic N) is 1. The van der Waals surface area contributed by atoms with Crippen molar-refractivity contribution in [3.05, 3.63) is 20.8 Å². The van der Waals surface area contributed by atoms with Gasteiger partial charge in [0.1, 0.15) is 0 Å². The predicted octanol–water partition coefficient (Wildman–Crippen LogP) is 0.0587. The molecule has 3 unspecified atom stereocenters. The van der Waals surface area contributed by atoms with E-state index >= 15 is 0 Å². The molecule has 3 N–H and O–H groups in total. The van der Waals surface area contributed by atoms with Gasteiger partial charge < -0.3 is 5.32 Å². The third-order valence-corrected chi connectivity index (χ3v) is 3.77. The minimum atomic E-state index is -0.566. The second kappa shape index (κ2) is 3.47. The van der Waals surface area contributed by atoms with E-state index in [9.17, 15) is 9.59 Å². The molecule has 3 atom stereocenters. The molecule has 0 aromatic carbocycles. The predicted molar refractivity (Wildman–Crippen MR) is 58.3 cm³/mol. The Morgan fingerprint density at radius 2 is 2.12 bits per heavy atom. The average molecular weight is 222 g/mol. The van der Waals surface area contributed by atoms with E-state index in [0.717, 1.165) is 12.3 Å². The van der Waals surface area contributed by atoms with Crippen LogP contribution in [-0.4, -0.2) is 21.2 Å². The zero-order chi connectivity index (χ0) is 11.1. The normalized spacial score (nSPS) is 31.9. The SMILES string of the molecule is O=c1[nH]nc(NC2CC3CCC2C3)c(=O)[nH]1. The Morgan fingerprint density at radius 1 is 1.25 bits per heavy atom. The van der Waals surface area contributed by atoms with Crippen LogP contribution < -0.4 is 16.6 Å². The Morgan fingerprint density at radius 3 is 2.75 bits per heavy atom. The maximum Gasteiger partial charge on any atom is 0.342 e. The fourth-order valence-corrected chi connectivity index (χ4v) is 3.04. The van der Waals surface area contributed by atoms with Crippen molar-refractivity contribution < 1.29 is 0 Å². The van der Waals surface area contributed by atoms with Crippen LogP contribution >= 0.6 is 0 Å². The van der Waals surface area contributed by atoms with Crippen molar-refractivity contribution in [1.29, 1.82) is 0 Å². The molecule has 16 heavy (non-hydrogen) atoms. The topological polar surface area (TPSA) is 90.6 Å². The molecular formula is C10H14N4O2. The number of rotatable bonds is 2. The van der Waals surface area contributed by atoms with E-state index in [1.54, 1.807) is 0 Å². The van der Waals surface area contributed by atoms with Gasteiger partial charge in [-0.15, -0.1) is 5.10 Å². The molecule has 3 rings (SSSR count). The van der Waals surface area contributed by atoms with Crippen LogP contribution in [0.1, 0.15) is 25.7 Å². The van der Waals surface area contributed by atoms with Gasteiger partial charge in [-0.2, -0.15) is 0 Å². The number of hydrogen-bond acceptors (Lipinski definition) is 4. The summed E-state index contributed by atoms with van der Waals surface area (Å²) in [6.07, 6.45) is 4.94. The van der Waals surface area contributed by atoms with E-state index in [1.165, 1.54) is 19.3 Å². The smallest absolute Gasteiger partial charge is 0.342 e. The molecule has 6 nitrogen and oxygen atoms in total. The lowest BCUT2D eigenvalue weighted by Gasteiger charge is -2.22. The molecule has 86 valence electrons. The summed E-state index contributed by atoms with van der Waals surface area (Å²) in [6, 6.07) is 0.346. The summed E-state index contributed by atoms with van der Waals surface area (Å²) in [5.41, 5.74) is -1.00. The Bertz CT molecular complexity index is 506. The number of anilines is 1. The van der Waals surface area contributed by atoms with Crippen molar-refractivity contribution in [3.8, 4) is 0 Å². The van der Waals surface area contributed by atoms with Gasteiger partial charge in [-0.1, -0.05) is 6.42 Å². The molecule has 1 aromatic rings. The summed E-state index contributed by atoms with van der Waals surface area (Å²) in [7, 11) is 0. The molecule has 0 amide bonds. The quantitative estimate of drug-likeness (QED) is 0.660. The molecule has 2 aliphatic rings. The molecule has 2 aliphatic carbocycles. The standard InChI is InChI=1S/C10H14N4O2/c15-9-8(13-14-10(16)12-9)11-7-4-5-1-2-6(7)3-5/h5-7H,1-4H2,(H,11,13)(H2,12,14,15,16). The van der Waals surface area contributed by atoms with Crippen LogP contribution in [0.5, 0.6) is 0 Å². The lowest BCUT2D eigenvalue weighted by Crippen LogP contribution is -2.33. The summed E-state index contributed by atoms with van der Waals surface area (Å²) in [4.78, 5) is 24.4. The van der Waals surface area contributed by atoms with E-state index in [2.05, 4.69) is 20.5 Å². The second-order valence-corrected chi connectivity index (χ2v) is 4.78. The van der Waals surface area contributed by atoms with Crippen molar-refractivity contribution in [2.45, 2.75) is 31.7 Å². The first-order chi connectivity index (χ1) is 7.72. The van der Waals surface area contributed by atoms with Gasteiger partial charge in [0.15, 0.2) is 0 Å². The molecule has 2 bridgehead atoms. The first-order valence-electron chi connectivity index (χ1n) is 5.68. The lowest BCUT2D eigenvalue weighted by atomic mass is 9.95. The van der Waals surface area contributed by atoms with Crippen LogP contribution in [0.2, 0.25) is 0 Å². The van der Waals surface area contributed by atoms with Gasteiger partial charge >= 0.3 is 5.69 Å². The molecule has 2 saturated carbocycles.